The molecule has 7 aromatic rings. The first-order chi connectivity index (χ1) is 30.2. The first-order valence-electron chi connectivity index (χ1n) is 18.6. The van der Waals surface area contributed by atoms with E-state index in [0.29, 0.717) is 89.4 Å². The predicted molar refractivity (Wildman–Crippen MR) is 244 cm³/mol. The maximum atomic E-state index is 11.9. The summed E-state index contributed by atoms with van der Waals surface area (Å²) >= 11 is 0. The zero-order valence-electron chi connectivity index (χ0n) is 33.7. The molecule has 2 N–H and O–H groups in total. The van der Waals surface area contributed by atoms with E-state index in [0.717, 1.165) is 0 Å². The van der Waals surface area contributed by atoms with Crippen LogP contribution in [0.3, 0.4) is 0 Å². The number of nitrogens with one attached hydrogen (secondary N) is 2. The molecule has 0 saturated carbocycles. The van der Waals surface area contributed by atoms with Crippen LogP contribution in [0.5, 0.6) is 0 Å². The number of fused-ring (bicyclic) bond motifs is 8. The SMILES string of the molecule is O=S(=O)([O-])c1ccc(-c2c3nc(c(-c4ccc(S(=O)(=O)[O-])cc4)c4ccc([nH]4)c(-c4ccc(S(=O)(=O)[O-])cc4)c4nc(c(-c5ccc(S(=O)(=O)[O-])cc5)c5ccc2[nH]5)C=C4)C=C3)cc1.[Mg+2].[Mg+2]. The van der Waals surface area contributed by atoms with Crippen molar-refractivity contribution in [3.05, 3.63) is 144 Å². The number of hydrogen-bond donors (Lipinski definition) is 2. The third-order valence-electron chi connectivity index (χ3n) is 10.5. The maximum absolute atomic E-state index is 11.9. The number of H-pyrrole nitrogens is 2. The molecule has 0 unspecified atom stereocenters. The normalized spacial score (nSPS) is 12.7. The fourth-order valence-corrected chi connectivity index (χ4v) is 9.45. The molecular formula is C44H26Mg2N4O12S4. The van der Waals surface area contributed by atoms with E-state index in [1.807, 2.05) is 0 Å². The minimum atomic E-state index is -4.81. The number of aromatic amines is 2. The molecule has 0 radical (unpaired) electrons. The summed E-state index contributed by atoms with van der Waals surface area (Å²) in [6, 6.07) is 27.8. The maximum Gasteiger partial charge on any atom is 2.00 e. The second-order valence-corrected chi connectivity index (χ2v) is 19.9. The Labute approximate surface area is 409 Å². The average Bonchev–Trinajstić information content (AvgIpc) is 4.08. The van der Waals surface area contributed by atoms with Crippen molar-refractivity contribution in [1.29, 1.82) is 0 Å². The van der Waals surface area contributed by atoms with Gasteiger partial charge >= 0.3 is 46.1 Å². The van der Waals surface area contributed by atoms with E-state index in [9.17, 15) is 51.9 Å². The molecular weight excluding hydrogens is 953 g/mol. The molecule has 0 saturated heterocycles. The van der Waals surface area contributed by atoms with Gasteiger partial charge in [-0.1, -0.05) is 48.5 Å². The van der Waals surface area contributed by atoms with Crippen LogP contribution in [0.15, 0.2) is 141 Å². The standard InChI is InChI=1S/C44H30N4O12S4.2Mg/c49-61(50,51)29-9-1-25(2-10-29)41-33-17-19-35(45-33)42(26-3-11-30(12-4-26)62(52,53)54)37-21-23-39(47-37)44(28-7-15-32(16-8-28)64(58,59)60)40-24-22-38(48-40)43(36-20-18-34(41)46-36)27-5-13-31(14-6-27)63(55,56)57;;/h1-24,45,48H,(H,49,50,51)(H,52,53,54)(H,55,56,57)(H,58,59,60);;/q;2*+2/p-4. The van der Waals surface area contributed by atoms with Crippen LogP contribution in [0.4, 0.5) is 0 Å². The fraction of sp³-hybridized carbons (Fsp3) is 0. The van der Waals surface area contributed by atoms with Crippen molar-refractivity contribution in [3.63, 3.8) is 0 Å². The van der Waals surface area contributed by atoms with Gasteiger partial charge in [0.25, 0.3) is 0 Å². The van der Waals surface area contributed by atoms with Crippen molar-refractivity contribution >= 4 is 133 Å². The van der Waals surface area contributed by atoms with Gasteiger partial charge in [0.05, 0.1) is 42.4 Å². The Balaban J connectivity index is 0.00000324. The van der Waals surface area contributed by atoms with E-state index < -0.39 is 60.1 Å². The molecule has 8 bridgehead atoms. The van der Waals surface area contributed by atoms with E-state index in [1.165, 1.54) is 97.1 Å². The summed E-state index contributed by atoms with van der Waals surface area (Å²) in [5.41, 5.74) is 6.76. The third-order valence-corrected chi connectivity index (χ3v) is 13.9. The van der Waals surface area contributed by atoms with E-state index >= 15 is 0 Å². The van der Waals surface area contributed by atoms with E-state index in [2.05, 4.69) is 9.97 Å². The van der Waals surface area contributed by atoms with Crippen LogP contribution in [0, 0.1) is 0 Å². The van der Waals surface area contributed by atoms with E-state index in [4.69, 9.17) is 9.97 Å². The fourth-order valence-electron chi connectivity index (χ4n) is 7.57. The van der Waals surface area contributed by atoms with Crippen LogP contribution < -0.4 is 0 Å². The van der Waals surface area contributed by atoms with Crippen LogP contribution in [-0.4, -0.2) is 118 Å². The molecule has 5 heterocycles. The minimum absolute atomic E-state index is 0. The van der Waals surface area contributed by atoms with Crippen molar-refractivity contribution in [2.75, 3.05) is 0 Å². The van der Waals surface area contributed by atoms with Crippen molar-refractivity contribution in [2.24, 2.45) is 0 Å². The number of aromatic nitrogens is 4. The zero-order chi connectivity index (χ0) is 45.3. The number of benzene rings is 4. The molecule has 0 aliphatic carbocycles. The number of hydrogen-bond acceptors (Lipinski definition) is 14. The molecule has 0 atom stereocenters. The molecule has 2 aliphatic heterocycles. The van der Waals surface area contributed by atoms with Crippen LogP contribution in [0.2, 0.25) is 0 Å². The summed E-state index contributed by atoms with van der Waals surface area (Å²) in [7, 11) is -19.2. The Bertz CT molecular complexity index is 3310. The van der Waals surface area contributed by atoms with Crippen LogP contribution in [0.25, 0.3) is 90.9 Å². The number of rotatable bonds is 8. The topological polar surface area (TPSA) is 286 Å². The number of nitrogens with zero attached hydrogens (tertiary/aromatic N) is 2. The van der Waals surface area contributed by atoms with Gasteiger partial charge in [0.2, 0.25) is 0 Å². The molecule has 322 valence electrons. The van der Waals surface area contributed by atoms with Crippen LogP contribution in [0.1, 0.15) is 22.8 Å². The van der Waals surface area contributed by atoms with Gasteiger partial charge in [-0.2, -0.15) is 0 Å². The molecule has 0 amide bonds. The van der Waals surface area contributed by atoms with Gasteiger partial charge in [-0.05, 0) is 119 Å². The summed E-state index contributed by atoms with van der Waals surface area (Å²) < 4.78 is 143. The summed E-state index contributed by atoms with van der Waals surface area (Å²) in [5.74, 6) is 0. The molecule has 16 nitrogen and oxygen atoms in total. The van der Waals surface area contributed by atoms with E-state index in [-0.39, 0.29) is 46.1 Å². The molecule has 9 rings (SSSR count). The summed E-state index contributed by atoms with van der Waals surface area (Å²) in [4.78, 5) is 15.0. The van der Waals surface area contributed by atoms with Gasteiger partial charge in [0, 0.05) is 44.3 Å². The third kappa shape index (κ3) is 9.58. The van der Waals surface area contributed by atoms with Crippen molar-refractivity contribution in [3.8, 4) is 44.5 Å². The molecule has 3 aromatic heterocycles. The zero-order valence-corrected chi connectivity index (χ0v) is 39.8. The average molecular weight is 980 g/mol. The van der Waals surface area contributed by atoms with Gasteiger partial charge in [-0.25, -0.2) is 43.6 Å². The predicted octanol–water partition coefficient (Wildman–Crippen LogP) is 6.18. The van der Waals surface area contributed by atoms with Crippen LogP contribution in [-0.2, 0) is 40.5 Å². The Hall–Kier alpha value is -5.35. The van der Waals surface area contributed by atoms with Gasteiger partial charge in [0.1, 0.15) is 40.5 Å². The first kappa shape index (κ1) is 48.6. The van der Waals surface area contributed by atoms with Gasteiger partial charge < -0.3 is 28.2 Å². The second kappa shape index (κ2) is 18.0. The molecule has 2 aliphatic rings. The molecule has 22 heteroatoms. The Kier molecular flexibility index (Phi) is 13.3. The van der Waals surface area contributed by atoms with Gasteiger partial charge in [-0.3, -0.25) is 0 Å². The largest absolute Gasteiger partial charge is 2.00 e. The minimum Gasteiger partial charge on any atom is -0.744 e. The smallest absolute Gasteiger partial charge is 0.744 e. The molecule has 66 heavy (non-hydrogen) atoms. The van der Waals surface area contributed by atoms with Gasteiger partial charge in [-0.15, -0.1) is 0 Å². The summed E-state index contributed by atoms with van der Waals surface area (Å²) in [5, 5.41) is 0. The quantitative estimate of drug-likeness (QED) is 0.127. The summed E-state index contributed by atoms with van der Waals surface area (Å²) in [6.45, 7) is 0. The summed E-state index contributed by atoms with van der Waals surface area (Å²) in [6.07, 6.45) is 6.79. The first-order valence-corrected chi connectivity index (χ1v) is 24.3. The van der Waals surface area contributed by atoms with Crippen molar-refractivity contribution in [2.45, 2.75) is 19.6 Å². The molecule has 0 spiro atoms. The van der Waals surface area contributed by atoms with Crippen molar-refractivity contribution < 1.29 is 51.9 Å². The van der Waals surface area contributed by atoms with E-state index in [1.54, 1.807) is 48.6 Å². The second-order valence-electron chi connectivity index (χ2n) is 14.4. The van der Waals surface area contributed by atoms with Crippen LogP contribution >= 0.6 is 0 Å². The monoisotopic (exact) mass is 978 g/mol. The molecule has 4 aromatic carbocycles. The van der Waals surface area contributed by atoms with Gasteiger partial charge in [0.15, 0.2) is 0 Å². The Morgan fingerprint density at radius 3 is 0.652 bits per heavy atom. The Morgan fingerprint density at radius 1 is 0.303 bits per heavy atom. The van der Waals surface area contributed by atoms with Crippen molar-refractivity contribution in [1.82, 2.24) is 19.9 Å². The molecule has 0 fully saturated rings. The Morgan fingerprint density at radius 2 is 0.485 bits per heavy atom.